The van der Waals surface area contributed by atoms with E-state index < -0.39 is 5.41 Å². The van der Waals surface area contributed by atoms with Gasteiger partial charge in [0.15, 0.2) is 0 Å². The van der Waals surface area contributed by atoms with Gasteiger partial charge in [-0.15, -0.1) is 24.8 Å². The number of carbonyl (C=O) groups excluding carboxylic acids is 1. The highest BCUT2D eigenvalue weighted by Crippen LogP contribution is 2.17. The van der Waals surface area contributed by atoms with Gasteiger partial charge in [0.25, 0.3) is 0 Å². The van der Waals surface area contributed by atoms with Crippen LogP contribution in [0.15, 0.2) is 24.5 Å². The van der Waals surface area contributed by atoms with Gasteiger partial charge in [-0.25, -0.2) is 0 Å². The van der Waals surface area contributed by atoms with Gasteiger partial charge in [0.05, 0.1) is 5.41 Å². The van der Waals surface area contributed by atoms with E-state index in [2.05, 4.69) is 4.98 Å². The molecule has 0 atom stereocenters. The van der Waals surface area contributed by atoms with Crippen molar-refractivity contribution in [3.63, 3.8) is 0 Å². The Labute approximate surface area is 121 Å². The van der Waals surface area contributed by atoms with Crippen LogP contribution in [0, 0.1) is 5.41 Å². The van der Waals surface area contributed by atoms with Gasteiger partial charge in [0.1, 0.15) is 0 Å². The molecule has 2 N–H and O–H groups in total. The number of hydrogen-bond acceptors (Lipinski definition) is 3. The van der Waals surface area contributed by atoms with E-state index in [9.17, 15) is 4.79 Å². The van der Waals surface area contributed by atoms with Crippen molar-refractivity contribution in [2.75, 3.05) is 13.6 Å². The second-order valence-corrected chi connectivity index (χ2v) is 4.60. The zero-order valence-corrected chi connectivity index (χ0v) is 12.6. The van der Waals surface area contributed by atoms with Gasteiger partial charge in [0, 0.05) is 32.5 Å². The first-order valence-corrected chi connectivity index (χ1v) is 5.32. The third-order valence-corrected chi connectivity index (χ3v) is 2.61. The molecule has 104 valence electrons. The first kappa shape index (κ1) is 19.5. The lowest BCUT2D eigenvalue weighted by Gasteiger charge is -2.28. The van der Waals surface area contributed by atoms with Crippen LogP contribution in [0.5, 0.6) is 0 Å². The molecule has 6 heteroatoms. The van der Waals surface area contributed by atoms with Crippen molar-refractivity contribution in [1.29, 1.82) is 0 Å². The topological polar surface area (TPSA) is 59.2 Å². The molecule has 0 bridgehead atoms. The Bertz CT molecular complexity index is 358. The zero-order chi connectivity index (χ0) is 12.2. The third-order valence-electron chi connectivity index (χ3n) is 2.61. The number of hydrogen-bond donors (Lipinski definition) is 1. The Morgan fingerprint density at radius 1 is 1.33 bits per heavy atom. The molecule has 1 aromatic rings. The summed E-state index contributed by atoms with van der Waals surface area (Å²) in [5.41, 5.74) is 6.15. The van der Waals surface area contributed by atoms with Crippen molar-refractivity contribution < 1.29 is 4.79 Å². The summed E-state index contributed by atoms with van der Waals surface area (Å²) in [7, 11) is 1.79. The van der Waals surface area contributed by atoms with Crippen LogP contribution < -0.4 is 5.73 Å². The minimum absolute atomic E-state index is 0. The quantitative estimate of drug-likeness (QED) is 0.922. The third kappa shape index (κ3) is 5.21. The molecule has 1 aromatic heterocycles. The number of amides is 1. The van der Waals surface area contributed by atoms with E-state index in [4.69, 9.17) is 5.73 Å². The van der Waals surface area contributed by atoms with Crippen molar-refractivity contribution in [2.24, 2.45) is 11.1 Å². The van der Waals surface area contributed by atoms with Crippen LogP contribution in [0.3, 0.4) is 0 Å². The lowest BCUT2D eigenvalue weighted by Crippen LogP contribution is -2.42. The number of nitrogens with zero attached hydrogens (tertiary/aromatic N) is 2. The molecule has 0 aliphatic heterocycles. The Morgan fingerprint density at radius 2 is 1.83 bits per heavy atom. The molecular weight excluding hydrogens is 273 g/mol. The molecule has 0 unspecified atom stereocenters. The predicted molar refractivity (Wildman–Crippen MR) is 78.0 cm³/mol. The number of nitrogens with two attached hydrogens (primary N) is 1. The van der Waals surface area contributed by atoms with E-state index in [-0.39, 0.29) is 30.7 Å². The Hall–Kier alpha value is -0.840. The fraction of sp³-hybridized carbons (Fsp3) is 0.500. The molecule has 0 aliphatic rings. The Kier molecular flexibility index (Phi) is 8.99. The van der Waals surface area contributed by atoms with Gasteiger partial charge >= 0.3 is 0 Å². The number of aromatic nitrogens is 1. The summed E-state index contributed by atoms with van der Waals surface area (Å²) in [6, 6.07) is 3.80. The van der Waals surface area contributed by atoms with Crippen molar-refractivity contribution in [3.8, 4) is 0 Å². The zero-order valence-electron chi connectivity index (χ0n) is 10.9. The van der Waals surface area contributed by atoms with Crippen molar-refractivity contribution in [2.45, 2.75) is 20.4 Å². The van der Waals surface area contributed by atoms with Gasteiger partial charge in [-0.1, -0.05) is 0 Å². The molecule has 0 aromatic carbocycles. The first-order chi connectivity index (χ1) is 7.47. The largest absolute Gasteiger partial charge is 0.341 e. The fourth-order valence-corrected chi connectivity index (χ4v) is 1.44. The minimum Gasteiger partial charge on any atom is -0.341 e. The Morgan fingerprint density at radius 3 is 2.28 bits per heavy atom. The van der Waals surface area contributed by atoms with Crippen LogP contribution in [0.4, 0.5) is 0 Å². The molecule has 0 fully saturated rings. The normalized spacial score (nSPS) is 10.0. The van der Waals surface area contributed by atoms with Gasteiger partial charge in [-0.05, 0) is 31.5 Å². The number of pyridine rings is 1. The SMILES string of the molecule is CN(Cc1ccncc1)C(=O)C(C)(C)CN.Cl.Cl. The molecule has 0 saturated heterocycles. The number of halogens is 2. The summed E-state index contributed by atoms with van der Waals surface area (Å²) in [6.45, 7) is 4.66. The molecule has 18 heavy (non-hydrogen) atoms. The highest BCUT2D eigenvalue weighted by molar-refractivity contribution is 5.85. The average molecular weight is 294 g/mol. The maximum absolute atomic E-state index is 12.0. The highest BCUT2D eigenvalue weighted by atomic mass is 35.5. The maximum Gasteiger partial charge on any atom is 0.229 e. The van der Waals surface area contributed by atoms with Crippen LogP contribution in [-0.2, 0) is 11.3 Å². The number of carbonyl (C=O) groups is 1. The molecule has 4 nitrogen and oxygen atoms in total. The fourth-order valence-electron chi connectivity index (χ4n) is 1.44. The standard InChI is InChI=1S/C12H19N3O.2ClH/c1-12(2,9-13)11(16)15(3)8-10-4-6-14-7-5-10;;/h4-7H,8-9,13H2,1-3H3;2*1H. The van der Waals surface area contributed by atoms with Gasteiger partial charge in [-0.3, -0.25) is 9.78 Å². The summed E-state index contributed by atoms with van der Waals surface area (Å²) in [4.78, 5) is 17.7. The lowest BCUT2D eigenvalue weighted by molar-refractivity contribution is -0.139. The smallest absolute Gasteiger partial charge is 0.229 e. The summed E-state index contributed by atoms with van der Waals surface area (Å²) in [5.74, 6) is 0.0619. The molecule has 0 saturated carbocycles. The molecule has 1 amide bonds. The van der Waals surface area contributed by atoms with E-state index in [0.29, 0.717) is 13.1 Å². The van der Waals surface area contributed by atoms with E-state index in [1.807, 2.05) is 26.0 Å². The summed E-state index contributed by atoms with van der Waals surface area (Å²) in [5, 5.41) is 0. The van der Waals surface area contributed by atoms with Crippen molar-refractivity contribution in [3.05, 3.63) is 30.1 Å². The van der Waals surface area contributed by atoms with Crippen LogP contribution in [0.2, 0.25) is 0 Å². The van der Waals surface area contributed by atoms with Crippen molar-refractivity contribution in [1.82, 2.24) is 9.88 Å². The van der Waals surface area contributed by atoms with Crippen LogP contribution in [-0.4, -0.2) is 29.4 Å². The van der Waals surface area contributed by atoms with E-state index in [1.54, 1.807) is 24.3 Å². The maximum atomic E-state index is 12.0. The molecule has 0 aliphatic carbocycles. The van der Waals surface area contributed by atoms with Gasteiger partial charge in [-0.2, -0.15) is 0 Å². The van der Waals surface area contributed by atoms with Crippen LogP contribution >= 0.6 is 24.8 Å². The lowest BCUT2D eigenvalue weighted by atomic mass is 9.92. The summed E-state index contributed by atoms with van der Waals surface area (Å²) < 4.78 is 0. The highest BCUT2D eigenvalue weighted by Gasteiger charge is 2.28. The van der Waals surface area contributed by atoms with Gasteiger partial charge in [0.2, 0.25) is 5.91 Å². The van der Waals surface area contributed by atoms with E-state index >= 15 is 0 Å². The molecule has 0 radical (unpaired) electrons. The molecule has 1 rings (SSSR count). The predicted octanol–water partition coefficient (Wildman–Crippen LogP) is 1.87. The molecule has 0 spiro atoms. The minimum atomic E-state index is -0.498. The van der Waals surface area contributed by atoms with Gasteiger partial charge < -0.3 is 10.6 Å². The van der Waals surface area contributed by atoms with Crippen LogP contribution in [0.1, 0.15) is 19.4 Å². The molecule has 1 heterocycles. The molecular formula is C12H21Cl2N3O. The van der Waals surface area contributed by atoms with E-state index in [1.165, 1.54) is 0 Å². The first-order valence-electron chi connectivity index (χ1n) is 5.32. The Balaban J connectivity index is 0. The summed E-state index contributed by atoms with van der Waals surface area (Å²) in [6.07, 6.45) is 3.45. The second kappa shape index (κ2) is 8.29. The van der Waals surface area contributed by atoms with Crippen molar-refractivity contribution >= 4 is 30.7 Å². The van der Waals surface area contributed by atoms with E-state index in [0.717, 1.165) is 5.56 Å². The summed E-state index contributed by atoms with van der Waals surface area (Å²) >= 11 is 0. The number of rotatable bonds is 4. The van der Waals surface area contributed by atoms with Crippen LogP contribution in [0.25, 0.3) is 0 Å². The second-order valence-electron chi connectivity index (χ2n) is 4.60. The monoisotopic (exact) mass is 293 g/mol. The average Bonchev–Trinajstić information content (AvgIpc) is 2.29.